The predicted octanol–water partition coefficient (Wildman–Crippen LogP) is 5.63. The number of halogens is 6. The van der Waals surface area contributed by atoms with E-state index >= 15 is 0 Å². The normalized spacial score (nSPS) is 12.1. The molecule has 0 atom stereocenters. The molecule has 0 fully saturated rings. The molecule has 1 N–H and O–H groups in total. The van der Waals surface area contributed by atoms with Gasteiger partial charge in [0.2, 0.25) is 5.89 Å². The largest absolute Gasteiger partial charge is 0.444 e. The fourth-order valence-corrected chi connectivity index (χ4v) is 2.28. The predicted molar refractivity (Wildman–Crippen MR) is 86.3 cm³/mol. The SMILES string of the molecule is O=C(Nc1cccc(C(F)(F)F)c1)c1coc(-c2ccc(C(F)(F)F)cc2)n1. The van der Waals surface area contributed by atoms with Crippen molar-refractivity contribution < 1.29 is 35.6 Å². The van der Waals surface area contributed by atoms with Crippen LogP contribution >= 0.6 is 0 Å². The van der Waals surface area contributed by atoms with Crippen molar-refractivity contribution in [3.05, 3.63) is 71.6 Å². The van der Waals surface area contributed by atoms with Gasteiger partial charge in [0.25, 0.3) is 5.91 Å². The molecule has 28 heavy (non-hydrogen) atoms. The molecular weight excluding hydrogens is 390 g/mol. The first-order chi connectivity index (χ1) is 13.0. The Bertz CT molecular complexity index is 990. The zero-order chi connectivity index (χ0) is 20.5. The van der Waals surface area contributed by atoms with Gasteiger partial charge >= 0.3 is 12.4 Å². The van der Waals surface area contributed by atoms with Gasteiger partial charge in [-0.2, -0.15) is 26.3 Å². The number of hydrogen-bond acceptors (Lipinski definition) is 3. The minimum Gasteiger partial charge on any atom is -0.444 e. The summed E-state index contributed by atoms with van der Waals surface area (Å²) in [6, 6.07) is 7.94. The highest BCUT2D eigenvalue weighted by Gasteiger charge is 2.31. The number of alkyl halides is 6. The van der Waals surface area contributed by atoms with E-state index in [1.54, 1.807) is 0 Å². The highest BCUT2D eigenvalue weighted by Crippen LogP contribution is 2.32. The van der Waals surface area contributed by atoms with Crippen molar-refractivity contribution in [1.82, 2.24) is 4.98 Å². The van der Waals surface area contributed by atoms with E-state index < -0.39 is 29.4 Å². The van der Waals surface area contributed by atoms with Crippen LogP contribution in [0.2, 0.25) is 0 Å². The highest BCUT2D eigenvalue weighted by atomic mass is 19.4. The Morgan fingerprint density at radius 2 is 1.54 bits per heavy atom. The summed E-state index contributed by atoms with van der Waals surface area (Å²) >= 11 is 0. The van der Waals surface area contributed by atoms with Crippen molar-refractivity contribution in [3.8, 4) is 11.5 Å². The number of carbonyl (C=O) groups excluding carboxylic acids is 1. The van der Waals surface area contributed by atoms with Crippen LogP contribution in [0.5, 0.6) is 0 Å². The summed E-state index contributed by atoms with van der Waals surface area (Å²) in [5.74, 6) is -0.941. The number of amides is 1. The maximum absolute atomic E-state index is 12.7. The zero-order valence-electron chi connectivity index (χ0n) is 13.7. The number of benzene rings is 2. The molecule has 0 aliphatic carbocycles. The molecule has 0 spiro atoms. The van der Waals surface area contributed by atoms with Crippen molar-refractivity contribution in [1.29, 1.82) is 0 Å². The lowest BCUT2D eigenvalue weighted by atomic mass is 10.1. The Labute approximate surface area is 153 Å². The molecule has 0 saturated heterocycles. The molecule has 0 bridgehead atoms. The van der Waals surface area contributed by atoms with E-state index in [0.29, 0.717) is 0 Å². The Morgan fingerprint density at radius 1 is 0.893 bits per heavy atom. The third kappa shape index (κ3) is 4.33. The van der Waals surface area contributed by atoms with Gasteiger partial charge in [-0.05, 0) is 42.5 Å². The second-order valence-electron chi connectivity index (χ2n) is 5.65. The van der Waals surface area contributed by atoms with Crippen LogP contribution in [0.3, 0.4) is 0 Å². The van der Waals surface area contributed by atoms with Gasteiger partial charge in [0.1, 0.15) is 6.26 Å². The molecule has 1 amide bonds. The van der Waals surface area contributed by atoms with E-state index in [-0.39, 0.29) is 22.8 Å². The monoisotopic (exact) mass is 400 g/mol. The van der Waals surface area contributed by atoms with Crippen LogP contribution in [0, 0.1) is 0 Å². The quantitative estimate of drug-likeness (QED) is 0.580. The van der Waals surface area contributed by atoms with Crippen LogP contribution in [0.25, 0.3) is 11.5 Å². The fraction of sp³-hybridized carbons (Fsp3) is 0.111. The van der Waals surface area contributed by atoms with Crippen LogP contribution in [0.4, 0.5) is 32.0 Å². The van der Waals surface area contributed by atoms with Crippen LogP contribution in [0.15, 0.2) is 59.2 Å². The summed E-state index contributed by atoms with van der Waals surface area (Å²) in [5.41, 5.74) is -1.93. The summed E-state index contributed by atoms with van der Waals surface area (Å²) in [6.07, 6.45) is -8.11. The van der Waals surface area contributed by atoms with Crippen LogP contribution in [-0.2, 0) is 12.4 Å². The average Bonchev–Trinajstić information content (AvgIpc) is 3.11. The molecule has 0 radical (unpaired) electrons. The first kappa shape index (κ1) is 19.5. The fourth-order valence-electron chi connectivity index (χ4n) is 2.28. The van der Waals surface area contributed by atoms with E-state index in [9.17, 15) is 31.1 Å². The van der Waals surface area contributed by atoms with Gasteiger partial charge in [-0.3, -0.25) is 4.79 Å². The number of anilines is 1. The number of aromatic nitrogens is 1. The Morgan fingerprint density at radius 3 is 2.14 bits per heavy atom. The van der Waals surface area contributed by atoms with Crippen LogP contribution in [-0.4, -0.2) is 10.9 Å². The first-order valence-corrected chi connectivity index (χ1v) is 7.66. The first-order valence-electron chi connectivity index (χ1n) is 7.66. The minimum absolute atomic E-state index is 0.0982. The number of nitrogens with zero attached hydrogens (tertiary/aromatic N) is 1. The lowest BCUT2D eigenvalue weighted by Crippen LogP contribution is -2.13. The Kier molecular flexibility index (Phi) is 4.88. The smallest absolute Gasteiger partial charge is 0.416 e. The van der Waals surface area contributed by atoms with Crippen molar-refractivity contribution in [2.45, 2.75) is 12.4 Å². The third-order valence-electron chi connectivity index (χ3n) is 3.64. The number of oxazole rings is 1. The van der Waals surface area contributed by atoms with Crippen molar-refractivity contribution >= 4 is 11.6 Å². The molecule has 2 aromatic carbocycles. The number of rotatable bonds is 3. The molecule has 3 aromatic rings. The molecule has 0 saturated carbocycles. The second-order valence-corrected chi connectivity index (χ2v) is 5.65. The highest BCUT2D eigenvalue weighted by molar-refractivity contribution is 6.02. The van der Waals surface area contributed by atoms with Gasteiger partial charge in [-0.15, -0.1) is 0 Å². The summed E-state index contributed by atoms with van der Waals surface area (Å²) in [4.78, 5) is 16.0. The second kappa shape index (κ2) is 7.02. The zero-order valence-corrected chi connectivity index (χ0v) is 13.7. The van der Waals surface area contributed by atoms with E-state index in [0.717, 1.165) is 48.7 Å². The Hall–Kier alpha value is -3.30. The van der Waals surface area contributed by atoms with E-state index in [2.05, 4.69) is 10.3 Å². The van der Waals surface area contributed by atoms with Gasteiger partial charge in [-0.1, -0.05) is 6.07 Å². The topological polar surface area (TPSA) is 55.1 Å². The number of hydrogen-bond donors (Lipinski definition) is 1. The van der Waals surface area contributed by atoms with Gasteiger partial charge in [0, 0.05) is 11.3 Å². The summed E-state index contributed by atoms with van der Waals surface area (Å²) in [6.45, 7) is 0. The lowest BCUT2D eigenvalue weighted by molar-refractivity contribution is -0.138. The molecule has 0 unspecified atom stereocenters. The minimum atomic E-state index is -4.57. The van der Waals surface area contributed by atoms with Crippen molar-refractivity contribution in [2.24, 2.45) is 0 Å². The van der Waals surface area contributed by atoms with E-state index in [1.807, 2.05) is 0 Å². The maximum atomic E-state index is 12.7. The van der Waals surface area contributed by atoms with Crippen LogP contribution in [0.1, 0.15) is 21.6 Å². The summed E-state index contributed by atoms with van der Waals surface area (Å²) in [5, 5.41) is 2.25. The molecule has 10 heteroatoms. The Balaban J connectivity index is 1.76. The maximum Gasteiger partial charge on any atom is 0.416 e. The third-order valence-corrected chi connectivity index (χ3v) is 3.64. The average molecular weight is 400 g/mol. The molecule has 0 aliphatic heterocycles. The van der Waals surface area contributed by atoms with Crippen molar-refractivity contribution in [3.63, 3.8) is 0 Å². The number of carbonyl (C=O) groups is 1. The standard InChI is InChI=1S/C18H10F6N2O2/c19-17(20,21)11-6-4-10(5-7-11)16-26-14(9-28-16)15(27)25-13-3-1-2-12(8-13)18(22,23)24/h1-9H,(H,25,27). The van der Waals surface area contributed by atoms with E-state index in [1.165, 1.54) is 6.07 Å². The molecule has 4 nitrogen and oxygen atoms in total. The molecule has 1 heterocycles. The molecule has 146 valence electrons. The van der Waals surface area contributed by atoms with Gasteiger partial charge < -0.3 is 9.73 Å². The van der Waals surface area contributed by atoms with Gasteiger partial charge in [0.05, 0.1) is 11.1 Å². The van der Waals surface area contributed by atoms with E-state index in [4.69, 9.17) is 4.42 Å². The van der Waals surface area contributed by atoms with Gasteiger partial charge in [-0.25, -0.2) is 4.98 Å². The summed E-state index contributed by atoms with van der Waals surface area (Å²) in [7, 11) is 0. The molecule has 0 aliphatic rings. The summed E-state index contributed by atoms with van der Waals surface area (Å²) < 4.78 is 80.9. The van der Waals surface area contributed by atoms with Crippen molar-refractivity contribution in [2.75, 3.05) is 5.32 Å². The van der Waals surface area contributed by atoms with Gasteiger partial charge in [0.15, 0.2) is 5.69 Å². The molecular formula is C18H10F6N2O2. The molecule has 3 rings (SSSR count). The molecule has 1 aromatic heterocycles. The lowest BCUT2D eigenvalue weighted by Gasteiger charge is -2.09. The number of nitrogens with one attached hydrogen (secondary N) is 1. The van der Waals surface area contributed by atoms with Crippen LogP contribution < -0.4 is 5.32 Å².